The van der Waals surface area contributed by atoms with Crippen LogP contribution in [0.4, 0.5) is 0 Å². The van der Waals surface area contributed by atoms with Gasteiger partial charge in [-0.25, -0.2) is 4.79 Å². The Morgan fingerprint density at radius 3 is 1.92 bits per heavy atom. The van der Waals surface area contributed by atoms with Crippen LogP contribution in [0.15, 0.2) is 79.0 Å². The Bertz CT molecular complexity index is 868. The zero-order chi connectivity index (χ0) is 31.6. The second-order valence-corrected chi connectivity index (χ2v) is 7.60. The molecule has 6 heteroatoms. The molecule has 0 aliphatic heterocycles. The monoisotopic (exact) mass is 561 g/mol. The van der Waals surface area contributed by atoms with E-state index in [2.05, 4.69) is 49.4 Å². The highest BCUT2D eigenvalue weighted by Gasteiger charge is 2.11. The molecule has 0 saturated carbocycles. The molecule has 224 valence electrons. The van der Waals surface area contributed by atoms with E-state index in [1.165, 1.54) is 11.8 Å². The van der Waals surface area contributed by atoms with Gasteiger partial charge in [-0.3, -0.25) is 4.57 Å². The Labute approximate surface area is 246 Å². The molecule has 0 aliphatic carbocycles. The molecule has 0 aliphatic rings. The first-order chi connectivity index (χ1) is 18.8. The van der Waals surface area contributed by atoms with Gasteiger partial charge in [0.15, 0.2) is 5.16 Å². The van der Waals surface area contributed by atoms with Crippen molar-refractivity contribution in [3.63, 3.8) is 0 Å². The highest BCUT2D eigenvalue weighted by atomic mass is 32.2. The van der Waals surface area contributed by atoms with Crippen LogP contribution in [-0.4, -0.2) is 32.1 Å². The number of hydrogen-bond donors (Lipinski definition) is 1. The lowest BCUT2D eigenvalue weighted by molar-refractivity contribution is 0.0697. The third kappa shape index (κ3) is 26.5. The minimum atomic E-state index is -0.941. The number of carboxylic acids is 1. The lowest BCUT2D eigenvalue weighted by Crippen LogP contribution is -2.02. The smallest absolute Gasteiger partial charge is 0.335 e. The molecule has 0 amide bonds. The lowest BCUT2D eigenvalue weighted by Gasteiger charge is -2.07. The highest BCUT2D eigenvalue weighted by Crippen LogP contribution is 2.20. The first-order valence-corrected chi connectivity index (χ1v) is 15.2. The van der Waals surface area contributed by atoms with Gasteiger partial charge in [-0.15, -0.1) is 23.4 Å². The maximum Gasteiger partial charge on any atom is 0.335 e. The SMILES string of the molecule is C/C=C\C.C=CC.C=CC(C)C/C=C/CC.CC.CC.CC.CSc1nnc(C)n1-c1cccc(C(=O)O)c1. The van der Waals surface area contributed by atoms with Crippen molar-refractivity contribution in [1.29, 1.82) is 0 Å². The maximum atomic E-state index is 10.9. The average Bonchev–Trinajstić information content (AvgIpc) is 3.37. The summed E-state index contributed by atoms with van der Waals surface area (Å²) in [5.74, 6) is 0.424. The van der Waals surface area contributed by atoms with Gasteiger partial charge in [-0.05, 0) is 70.9 Å². The van der Waals surface area contributed by atoms with Crippen molar-refractivity contribution in [2.75, 3.05) is 6.26 Å². The first-order valence-electron chi connectivity index (χ1n) is 14.0. The number of rotatable bonds is 7. The summed E-state index contributed by atoms with van der Waals surface area (Å²) < 4.78 is 1.83. The fourth-order valence-electron chi connectivity index (χ4n) is 2.12. The Morgan fingerprint density at radius 1 is 1.03 bits per heavy atom. The fraction of sp³-hybridized carbons (Fsp3) is 0.485. The van der Waals surface area contributed by atoms with Crippen LogP contribution in [-0.2, 0) is 0 Å². The van der Waals surface area contributed by atoms with Crippen LogP contribution in [0.25, 0.3) is 5.69 Å². The summed E-state index contributed by atoms with van der Waals surface area (Å²) in [6.07, 6.45) is 16.3. The molecule has 0 radical (unpaired) electrons. The number of aryl methyl sites for hydroxylation is 1. The first kappa shape index (κ1) is 46.0. The number of aromatic nitrogens is 3. The Kier molecular flexibility index (Phi) is 44.0. The van der Waals surface area contributed by atoms with Crippen LogP contribution < -0.4 is 0 Å². The van der Waals surface area contributed by atoms with E-state index in [1.54, 1.807) is 24.3 Å². The topological polar surface area (TPSA) is 68.0 Å². The summed E-state index contributed by atoms with van der Waals surface area (Å²) in [5, 5.41) is 17.7. The number of hydrogen-bond acceptors (Lipinski definition) is 4. The Morgan fingerprint density at radius 2 is 1.54 bits per heavy atom. The molecular weight excluding hydrogens is 502 g/mol. The number of carbonyl (C=O) groups is 1. The number of nitrogens with zero attached hydrogens (tertiary/aromatic N) is 3. The van der Waals surface area contributed by atoms with E-state index in [4.69, 9.17) is 5.11 Å². The summed E-state index contributed by atoms with van der Waals surface area (Å²) in [7, 11) is 0. The van der Waals surface area contributed by atoms with Crippen molar-refractivity contribution in [2.45, 2.75) is 101 Å². The Balaban J connectivity index is -0.000000148. The van der Waals surface area contributed by atoms with Crippen LogP contribution in [0.5, 0.6) is 0 Å². The molecule has 2 rings (SSSR count). The minimum absolute atomic E-state index is 0.252. The van der Waals surface area contributed by atoms with Crippen molar-refractivity contribution in [1.82, 2.24) is 14.8 Å². The molecule has 2 aromatic rings. The van der Waals surface area contributed by atoms with Crippen LogP contribution in [0, 0.1) is 12.8 Å². The zero-order valence-electron chi connectivity index (χ0n) is 27.3. The van der Waals surface area contributed by atoms with Gasteiger partial charge in [0.25, 0.3) is 0 Å². The molecule has 0 saturated heterocycles. The summed E-state index contributed by atoms with van der Waals surface area (Å²) >= 11 is 1.47. The van der Waals surface area contributed by atoms with Crippen LogP contribution in [0.2, 0.25) is 0 Å². The summed E-state index contributed by atoms with van der Waals surface area (Å²) in [6.45, 7) is 31.1. The third-order valence-corrected chi connectivity index (χ3v) is 4.60. The van der Waals surface area contributed by atoms with E-state index in [0.29, 0.717) is 5.92 Å². The standard InChI is InChI=1S/C11H11N3O2S.C9H16.C4H8.C3H6.3C2H6/c1-7-12-13-11(17-2)14(7)9-5-3-4-8(6-9)10(15)16;1-4-6-7-8-9(3)5-2;1-3-4-2;1-3-2;3*1-2/h3-6H,1-2H3,(H,15,16);5-7,9H,2,4,8H2,1,3H3;3-4H,1-2H3;3H,1H2,2H3;3*1-2H3/b;7-6+;4-3-;;;;. The largest absolute Gasteiger partial charge is 0.478 e. The molecule has 1 unspecified atom stereocenters. The highest BCUT2D eigenvalue weighted by molar-refractivity contribution is 7.98. The van der Waals surface area contributed by atoms with Gasteiger partial charge in [0.1, 0.15) is 5.82 Å². The second-order valence-electron chi connectivity index (χ2n) is 6.83. The summed E-state index contributed by atoms with van der Waals surface area (Å²) in [5.41, 5.74) is 1.01. The van der Waals surface area contributed by atoms with Crippen LogP contribution in [0.1, 0.15) is 105 Å². The van der Waals surface area contributed by atoms with Crippen molar-refractivity contribution >= 4 is 17.7 Å². The predicted octanol–water partition coefficient (Wildman–Crippen LogP) is 11.0. The molecule has 0 bridgehead atoms. The van der Waals surface area contributed by atoms with Crippen molar-refractivity contribution in [3.8, 4) is 5.69 Å². The summed E-state index contributed by atoms with van der Waals surface area (Å²) in [4.78, 5) is 10.9. The van der Waals surface area contributed by atoms with Crippen LogP contribution in [0.3, 0.4) is 0 Å². The normalized spacial score (nSPS) is 9.56. The molecule has 39 heavy (non-hydrogen) atoms. The zero-order valence-corrected chi connectivity index (χ0v) is 28.1. The lowest BCUT2D eigenvalue weighted by atomic mass is 10.1. The molecule has 0 fully saturated rings. The summed E-state index contributed by atoms with van der Waals surface area (Å²) in [6, 6.07) is 6.72. The van der Waals surface area contributed by atoms with E-state index < -0.39 is 5.97 Å². The van der Waals surface area contributed by atoms with E-state index in [1.807, 2.05) is 104 Å². The number of benzene rings is 1. The number of carboxylic acid groups (broad SMARTS) is 1. The van der Waals surface area contributed by atoms with Gasteiger partial charge >= 0.3 is 5.97 Å². The van der Waals surface area contributed by atoms with Crippen LogP contribution >= 0.6 is 11.8 Å². The van der Waals surface area contributed by atoms with Crippen molar-refractivity contribution in [3.05, 3.63) is 85.3 Å². The minimum Gasteiger partial charge on any atom is -0.478 e. The van der Waals surface area contributed by atoms with E-state index in [-0.39, 0.29) is 5.56 Å². The Hall–Kier alpha value is -2.86. The maximum absolute atomic E-state index is 10.9. The quantitative estimate of drug-likeness (QED) is 0.269. The average molecular weight is 562 g/mol. The van der Waals surface area contributed by atoms with Gasteiger partial charge in [-0.2, -0.15) is 0 Å². The molecule has 1 aromatic carbocycles. The van der Waals surface area contributed by atoms with Gasteiger partial charge in [-0.1, -0.05) is 110 Å². The number of allylic oxidation sites excluding steroid dienone is 6. The van der Waals surface area contributed by atoms with E-state index in [0.717, 1.165) is 29.5 Å². The van der Waals surface area contributed by atoms with Crippen molar-refractivity contribution < 1.29 is 9.90 Å². The molecule has 1 atom stereocenters. The molecule has 0 spiro atoms. The predicted molar refractivity (Wildman–Crippen MR) is 179 cm³/mol. The second kappa shape index (κ2) is 37.3. The van der Waals surface area contributed by atoms with E-state index in [9.17, 15) is 4.79 Å². The van der Waals surface area contributed by atoms with E-state index >= 15 is 0 Å². The number of thioether (sulfide) groups is 1. The molecule has 1 N–H and O–H groups in total. The third-order valence-electron chi connectivity index (χ3n) is 3.97. The van der Waals surface area contributed by atoms with Gasteiger partial charge < -0.3 is 5.11 Å². The van der Waals surface area contributed by atoms with Gasteiger partial charge in [0, 0.05) is 0 Å². The molecule has 1 aromatic heterocycles. The van der Waals surface area contributed by atoms with Crippen molar-refractivity contribution in [2.24, 2.45) is 5.92 Å². The number of aromatic carboxylic acids is 1. The molecule has 1 heterocycles. The van der Waals surface area contributed by atoms with Gasteiger partial charge in [0.2, 0.25) is 0 Å². The molecule has 5 nitrogen and oxygen atoms in total. The van der Waals surface area contributed by atoms with Gasteiger partial charge in [0.05, 0.1) is 11.3 Å². The fourth-order valence-corrected chi connectivity index (χ4v) is 2.67. The molecular formula is C33H59N3O2S.